The number of quaternary nitrogens is 1. The zero-order valence-corrected chi connectivity index (χ0v) is 24.5. The molecule has 0 amide bonds. The molecule has 0 saturated carbocycles. The lowest BCUT2D eigenvalue weighted by molar-refractivity contribution is -0.870. The second-order valence-electron chi connectivity index (χ2n) is 10.6. The van der Waals surface area contributed by atoms with Gasteiger partial charge in [0.1, 0.15) is 19.3 Å². The van der Waals surface area contributed by atoms with Gasteiger partial charge in [0.15, 0.2) is 0 Å². The van der Waals surface area contributed by atoms with Crippen molar-refractivity contribution < 1.29 is 47.2 Å². The topological polar surface area (TPSA) is 131 Å². The van der Waals surface area contributed by atoms with Crippen molar-refractivity contribution in [2.24, 2.45) is 0 Å². The predicted molar refractivity (Wildman–Crippen MR) is 141 cm³/mol. The van der Waals surface area contributed by atoms with Crippen molar-refractivity contribution in [2.75, 3.05) is 54.1 Å². The van der Waals surface area contributed by atoms with Gasteiger partial charge in [-0.05, 0) is 12.8 Å². The number of likely N-dealkylation sites (N-methyl/N-ethyl adjacent to an activating group) is 1. The Hall–Kier alpha value is -1.03. The monoisotopic (exact) mass is 553 g/mol. The number of phosphoric acid groups is 1. The van der Waals surface area contributed by atoms with E-state index in [0.29, 0.717) is 17.6 Å². The van der Waals surface area contributed by atoms with Crippen LogP contribution in [-0.4, -0.2) is 81.7 Å². The maximum Gasteiger partial charge on any atom is 0.303 e. The van der Waals surface area contributed by atoms with Crippen molar-refractivity contribution in [3.63, 3.8) is 0 Å². The fourth-order valence-corrected chi connectivity index (χ4v) is 4.36. The minimum atomic E-state index is -4.48. The first-order chi connectivity index (χ1) is 17.4. The number of carboxylic acid groups (broad SMARTS) is 1. The zero-order valence-electron chi connectivity index (χ0n) is 23.6. The van der Waals surface area contributed by atoms with Crippen molar-refractivity contribution in [2.45, 2.75) is 103 Å². The number of nitrogens with zero attached hydrogens (tertiary/aromatic N) is 1. The van der Waals surface area contributed by atoms with Crippen LogP contribution in [0.1, 0.15) is 96.8 Å². The van der Waals surface area contributed by atoms with E-state index in [1.165, 1.54) is 51.9 Å². The number of ether oxygens (including phenoxy) is 2. The molecule has 0 rings (SSSR count). The number of hydrogen-bond acceptors (Lipinski definition) is 8. The average Bonchev–Trinajstić information content (AvgIpc) is 2.77. The molecule has 0 radical (unpaired) electrons. The van der Waals surface area contributed by atoms with E-state index in [9.17, 15) is 19.0 Å². The smallest absolute Gasteiger partial charge is 0.303 e. The van der Waals surface area contributed by atoms with Crippen LogP contribution in [0, 0.1) is 0 Å². The number of phosphoric ester groups is 1. The molecule has 0 aromatic heterocycles. The lowest BCUT2D eigenvalue weighted by Crippen LogP contribution is -2.37. The van der Waals surface area contributed by atoms with Crippen LogP contribution in [-0.2, 0) is 32.7 Å². The minimum Gasteiger partial charge on any atom is -0.756 e. The van der Waals surface area contributed by atoms with Crippen LogP contribution in [0.15, 0.2) is 0 Å². The maximum absolute atomic E-state index is 11.9. The molecule has 1 N–H and O–H groups in total. The number of unbranched alkanes of at least 4 members (excludes halogenated alkanes) is 12. The van der Waals surface area contributed by atoms with E-state index in [-0.39, 0.29) is 26.2 Å². The Morgan fingerprint density at radius 3 is 1.73 bits per heavy atom. The van der Waals surface area contributed by atoms with E-state index >= 15 is 0 Å². The summed E-state index contributed by atoms with van der Waals surface area (Å²) in [6.45, 7) is 2.01. The molecule has 0 saturated heterocycles. The Morgan fingerprint density at radius 2 is 1.27 bits per heavy atom. The highest BCUT2D eigenvalue weighted by molar-refractivity contribution is 7.45. The Morgan fingerprint density at radius 1 is 0.784 bits per heavy atom. The van der Waals surface area contributed by atoms with Crippen molar-refractivity contribution >= 4 is 19.8 Å². The molecule has 0 aromatic carbocycles. The number of carbonyl (C=O) groups is 2. The van der Waals surface area contributed by atoms with Crippen LogP contribution < -0.4 is 4.89 Å². The third-order valence-electron chi connectivity index (χ3n) is 5.75. The summed E-state index contributed by atoms with van der Waals surface area (Å²) in [5.74, 6) is -1.23. The van der Waals surface area contributed by atoms with Crippen LogP contribution in [0.4, 0.5) is 0 Å². The van der Waals surface area contributed by atoms with Gasteiger partial charge in [-0.15, -0.1) is 0 Å². The van der Waals surface area contributed by atoms with Gasteiger partial charge >= 0.3 is 11.9 Å². The largest absolute Gasteiger partial charge is 0.756 e. The van der Waals surface area contributed by atoms with Crippen LogP contribution in [0.25, 0.3) is 0 Å². The second-order valence-corrected chi connectivity index (χ2v) is 12.0. The van der Waals surface area contributed by atoms with Gasteiger partial charge < -0.3 is 33.0 Å². The highest BCUT2D eigenvalue weighted by atomic mass is 31.2. The summed E-state index contributed by atoms with van der Waals surface area (Å²) < 4.78 is 32.9. The van der Waals surface area contributed by atoms with Gasteiger partial charge in [-0.25, -0.2) is 0 Å². The van der Waals surface area contributed by atoms with Gasteiger partial charge in [-0.3, -0.25) is 14.2 Å². The molecule has 0 aromatic rings. The molecular weight excluding hydrogens is 501 g/mol. The third-order valence-corrected chi connectivity index (χ3v) is 6.71. The summed E-state index contributed by atoms with van der Waals surface area (Å²) in [5, 5.41) is 8.61. The van der Waals surface area contributed by atoms with Gasteiger partial charge in [-0.2, -0.15) is 0 Å². The Bertz CT molecular complexity index is 640. The van der Waals surface area contributed by atoms with E-state index < -0.39 is 25.9 Å². The molecular formula is C26H52NO9P. The first-order valence-corrected chi connectivity index (χ1v) is 15.2. The van der Waals surface area contributed by atoms with E-state index in [1.54, 1.807) is 0 Å². The van der Waals surface area contributed by atoms with E-state index in [1.807, 2.05) is 21.1 Å². The van der Waals surface area contributed by atoms with Crippen LogP contribution in [0.3, 0.4) is 0 Å². The Kier molecular flexibility index (Phi) is 21.2. The Balaban J connectivity index is 3.73. The third kappa shape index (κ3) is 27.8. The summed E-state index contributed by atoms with van der Waals surface area (Å²) in [7, 11) is 1.30. The van der Waals surface area contributed by atoms with E-state index in [0.717, 1.165) is 38.5 Å². The van der Waals surface area contributed by atoms with E-state index in [4.69, 9.17) is 23.6 Å². The summed E-state index contributed by atoms with van der Waals surface area (Å²) >= 11 is 0. The van der Waals surface area contributed by atoms with Crippen LogP contribution >= 0.6 is 7.82 Å². The molecule has 0 aliphatic rings. The number of carboxylic acids is 1. The van der Waals surface area contributed by atoms with Crippen molar-refractivity contribution in [1.82, 2.24) is 0 Å². The van der Waals surface area contributed by atoms with Crippen LogP contribution in [0.2, 0.25) is 0 Å². The first-order valence-electron chi connectivity index (χ1n) is 13.8. The fourth-order valence-electron chi connectivity index (χ4n) is 3.63. The van der Waals surface area contributed by atoms with E-state index in [2.05, 4.69) is 0 Å². The molecule has 220 valence electrons. The first kappa shape index (κ1) is 36.0. The standard InChI is InChI=1S/C26H52NO9P/c1-24(28)36-25(23-35-37(31,32)34-21-19-27(2,3)4)22-33-20-17-15-13-11-9-7-5-6-8-10-12-14-16-18-26(29)30/h25H,5-23H2,1-4H3,(H-,29,30,31,32). The van der Waals surface area contributed by atoms with Crippen molar-refractivity contribution in [1.29, 1.82) is 0 Å². The van der Waals surface area contributed by atoms with Gasteiger partial charge in [0, 0.05) is 20.0 Å². The minimum absolute atomic E-state index is 0.0105. The number of hydrogen-bond donors (Lipinski definition) is 1. The van der Waals surface area contributed by atoms with Crippen molar-refractivity contribution in [3.05, 3.63) is 0 Å². The zero-order chi connectivity index (χ0) is 28.0. The molecule has 0 aliphatic carbocycles. The number of rotatable bonds is 26. The molecule has 0 heterocycles. The summed E-state index contributed by atoms with van der Waals surface area (Å²) in [4.78, 5) is 33.7. The molecule has 0 bridgehead atoms. The number of aliphatic carboxylic acids is 1. The lowest BCUT2D eigenvalue weighted by atomic mass is 10.0. The number of esters is 1. The SMILES string of the molecule is CC(=O)OC(COCCCCCCCCCCCCCCCC(=O)O)COP(=O)([O-])OCC[N+](C)(C)C. The maximum atomic E-state index is 11.9. The molecule has 0 aliphatic heterocycles. The average molecular weight is 554 g/mol. The number of carbonyl (C=O) groups excluding carboxylic acids is 1. The molecule has 37 heavy (non-hydrogen) atoms. The van der Waals surface area contributed by atoms with Gasteiger partial charge in [0.25, 0.3) is 7.82 Å². The Labute approximate surface area is 224 Å². The molecule has 2 unspecified atom stereocenters. The van der Waals surface area contributed by atoms with Gasteiger partial charge in [0.05, 0.1) is 34.4 Å². The summed E-state index contributed by atoms with van der Waals surface area (Å²) in [6, 6.07) is 0. The van der Waals surface area contributed by atoms with Crippen molar-refractivity contribution in [3.8, 4) is 0 Å². The lowest BCUT2D eigenvalue weighted by Gasteiger charge is -2.28. The molecule has 11 heteroatoms. The highest BCUT2D eigenvalue weighted by Crippen LogP contribution is 2.38. The highest BCUT2D eigenvalue weighted by Gasteiger charge is 2.19. The molecule has 10 nitrogen and oxygen atoms in total. The molecule has 0 fully saturated rings. The summed E-state index contributed by atoms with van der Waals surface area (Å²) in [6.07, 6.45) is 14.1. The van der Waals surface area contributed by atoms with Crippen LogP contribution in [0.5, 0.6) is 0 Å². The second kappa shape index (κ2) is 21.9. The predicted octanol–water partition coefficient (Wildman–Crippen LogP) is 4.69. The van der Waals surface area contributed by atoms with Gasteiger partial charge in [-0.1, -0.05) is 70.6 Å². The fraction of sp³-hybridized carbons (Fsp3) is 0.923. The molecule has 2 atom stereocenters. The normalized spacial score (nSPS) is 14.3. The molecule has 0 spiro atoms. The quantitative estimate of drug-likeness (QED) is 0.0701. The summed E-state index contributed by atoms with van der Waals surface area (Å²) in [5.41, 5.74) is 0. The van der Waals surface area contributed by atoms with Gasteiger partial charge in [0.2, 0.25) is 0 Å².